The second-order valence-electron chi connectivity index (χ2n) is 6.09. The van der Waals surface area contributed by atoms with Crippen molar-refractivity contribution in [3.63, 3.8) is 0 Å². The van der Waals surface area contributed by atoms with Gasteiger partial charge in [-0.05, 0) is 38.3 Å². The average Bonchev–Trinajstić information content (AvgIpc) is 3.19. The molecule has 6 nitrogen and oxygen atoms in total. The Morgan fingerprint density at radius 2 is 2.04 bits per heavy atom. The molecule has 0 bridgehead atoms. The molecule has 26 heavy (non-hydrogen) atoms. The molecule has 142 valence electrons. The Hall–Kier alpha value is -2.34. The van der Waals surface area contributed by atoms with E-state index in [-0.39, 0.29) is 6.10 Å². The predicted octanol–water partition coefficient (Wildman–Crippen LogP) is 3.00. The smallest absolute Gasteiger partial charge is 0.191 e. The summed E-state index contributed by atoms with van der Waals surface area (Å²) in [7, 11) is 0. The third kappa shape index (κ3) is 7.70. The molecule has 0 aliphatic rings. The van der Waals surface area contributed by atoms with Gasteiger partial charge in [-0.1, -0.05) is 30.3 Å². The second kappa shape index (κ2) is 12.1. The van der Waals surface area contributed by atoms with Gasteiger partial charge >= 0.3 is 0 Å². The molecular weight excluding hydrogens is 326 g/mol. The number of benzene rings is 1. The van der Waals surface area contributed by atoms with Crippen LogP contribution in [0.4, 0.5) is 0 Å². The van der Waals surface area contributed by atoms with Gasteiger partial charge < -0.3 is 15.4 Å². The van der Waals surface area contributed by atoms with Gasteiger partial charge in [-0.2, -0.15) is 5.10 Å². The van der Waals surface area contributed by atoms with Crippen molar-refractivity contribution in [3.05, 3.63) is 54.4 Å². The Balaban J connectivity index is 1.60. The maximum absolute atomic E-state index is 5.90. The van der Waals surface area contributed by atoms with Crippen LogP contribution in [0, 0.1) is 0 Å². The fourth-order valence-electron chi connectivity index (χ4n) is 2.56. The molecule has 0 saturated heterocycles. The van der Waals surface area contributed by atoms with Crippen LogP contribution in [0.1, 0.15) is 38.4 Å². The van der Waals surface area contributed by atoms with E-state index in [0.717, 1.165) is 51.6 Å². The third-order valence-electron chi connectivity index (χ3n) is 3.97. The molecule has 2 aromatic rings. The predicted molar refractivity (Wildman–Crippen MR) is 106 cm³/mol. The average molecular weight is 358 g/mol. The highest BCUT2D eigenvalue weighted by Gasteiger charge is 2.04. The Bertz CT molecular complexity index is 612. The summed E-state index contributed by atoms with van der Waals surface area (Å²) in [6, 6.07) is 12.3. The summed E-state index contributed by atoms with van der Waals surface area (Å²) in [5.41, 5.74) is 1.22. The number of hydrogen-bond donors (Lipinski definition) is 2. The molecule has 1 aromatic heterocycles. The van der Waals surface area contributed by atoms with Crippen molar-refractivity contribution >= 4 is 5.96 Å². The Labute approximate surface area is 156 Å². The lowest BCUT2D eigenvalue weighted by Gasteiger charge is -2.14. The molecule has 1 unspecified atom stereocenters. The highest BCUT2D eigenvalue weighted by molar-refractivity contribution is 5.79. The largest absolute Gasteiger partial charge is 0.374 e. The highest BCUT2D eigenvalue weighted by atomic mass is 16.5. The van der Waals surface area contributed by atoms with E-state index in [9.17, 15) is 0 Å². The monoisotopic (exact) mass is 357 g/mol. The van der Waals surface area contributed by atoms with Gasteiger partial charge in [0.2, 0.25) is 0 Å². The summed E-state index contributed by atoms with van der Waals surface area (Å²) in [5.74, 6) is 0.865. The van der Waals surface area contributed by atoms with Crippen LogP contribution < -0.4 is 10.6 Å². The van der Waals surface area contributed by atoms with Gasteiger partial charge in [0.1, 0.15) is 0 Å². The van der Waals surface area contributed by atoms with Crippen LogP contribution in [0.3, 0.4) is 0 Å². The zero-order valence-corrected chi connectivity index (χ0v) is 15.9. The number of guanidine groups is 1. The first kappa shape index (κ1) is 20.0. The van der Waals surface area contributed by atoms with E-state index in [0.29, 0.717) is 0 Å². The fourth-order valence-corrected chi connectivity index (χ4v) is 2.56. The minimum absolute atomic E-state index is 0.125. The van der Waals surface area contributed by atoms with Crippen molar-refractivity contribution in [2.24, 2.45) is 4.99 Å². The molecule has 0 spiro atoms. The summed E-state index contributed by atoms with van der Waals surface area (Å²) in [6.07, 6.45) is 5.81. The zero-order valence-electron chi connectivity index (χ0n) is 15.9. The van der Waals surface area contributed by atoms with Gasteiger partial charge in [-0.25, -0.2) is 0 Å². The molecule has 6 heteroatoms. The topological polar surface area (TPSA) is 63.5 Å². The minimum Gasteiger partial charge on any atom is -0.374 e. The number of nitrogens with one attached hydrogen (secondary N) is 2. The van der Waals surface area contributed by atoms with E-state index in [1.807, 2.05) is 35.1 Å². The van der Waals surface area contributed by atoms with E-state index >= 15 is 0 Å². The number of aryl methyl sites for hydroxylation is 1. The summed E-state index contributed by atoms with van der Waals surface area (Å²) in [4.78, 5) is 4.61. The summed E-state index contributed by atoms with van der Waals surface area (Å²) < 4.78 is 7.83. The minimum atomic E-state index is 0.125. The lowest BCUT2D eigenvalue weighted by atomic mass is 10.1. The molecule has 0 aliphatic heterocycles. The number of ether oxygens (including phenoxy) is 1. The van der Waals surface area contributed by atoms with Crippen LogP contribution in [0.2, 0.25) is 0 Å². The molecule has 1 atom stereocenters. The first-order valence-corrected chi connectivity index (χ1v) is 9.45. The van der Waals surface area contributed by atoms with Crippen molar-refractivity contribution < 1.29 is 4.74 Å². The molecule has 0 amide bonds. The van der Waals surface area contributed by atoms with E-state index in [2.05, 4.69) is 46.7 Å². The Kier molecular flexibility index (Phi) is 9.29. The second-order valence-corrected chi connectivity index (χ2v) is 6.09. The van der Waals surface area contributed by atoms with Crippen molar-refractivity contribution in [2.75, 3.05) is 26.2 Å². The van der Waals surface area contributed by atoms with E-state index < -0.39 is 0 Å². The zero-order chi connectivity index (χ0) is 18.5. The Morgan fingerprint density at radius 1 is 1.19 bits per heavy atom. The van der Waals surface area contributed by atoms with Crippen molar-refractivity contribution in [1.29, 1.82) is 0 Å². The maximum atomic E-state index is 5.90. The number of nitrogens with zero attached hydrogens (tertiary/aromatic N) is 3. The molecule has 1 heterocycles. The van der Waals surface area contributed by atoms with Gasteiger partial charge in [-0.15, -0.1) is 0 Å². The third-order valence-corrected chi connectivity index (χ3v) is 3.97. The van der Waals surface area contributed by atoms with Crippen molar-refractivity contribution in [1.82, 2.24) is 20.4 Å². The van der Waals surface area contributed by atoms with Gasteiger partial charge in [-0.3, -0.25) is 9.67 Å². The van der Waals surface area contributed by atoms with Crippen LogP contribution in [0.5, 0.6) is 0 Å². The molecule has 2 N–H and O–H groups in total. The van der Waals surface area contributed by atoms with Crippen molar-refractivity contribution in [3.8, 4) is 0 Å². The Morgan fingerprint density at radius 3 is 2.77 bits per heavy atom. The number of hydrogen-bond acceptors (Lipinski definition) is 3. The first-order chi connectivity index (χ1) is 12.8. The highest BCUT2D eigenvalue weighted by Crippen LogP contribution is 2.15. The maximum Gasteiger partial charge on any atom is 0.191 e. The summed E-state index contributed by atoms with van der Waals surface area (Å²) >= 11 is 0. The molecule has 2 rings (SSSR count). The van der Waals surface area contributed by atoms with Crippen LogP contribution in [-0.4, -0.2) is 42.0 Å². The number of aromatic nitrogens is 2. The van der Waals surface area contributed by atoms with Gasteiger partial charge in [0, 0.05) is 45.2 Å². The SMILES string of the molecule is CCNC(=NCCCn1cccn1)NCCCOC(C)c1ccccc1. The molecular formula is C20H31N5O. The standard InChI is InChI=1S/C20H31N5O/c1-3-21-20(22-12-7-15-25-16-8-14-24-25)23-13-9-17-26-18(2)19-10-5-4-6-11-19/h4-6,8,10-11,14,16,18H,3,7,9,12-13,15,17H2,1-2H3,(H2,21,22,23). The van der Waals surface area contributed by atoms with Gasteiger partial charge in [0.25, 0.3) is 0 Å². The first-order valence-electron chi connectivity index (χ1n) is 9.45. The van der Waals surface area contributed by atoms with Gasteiger partial charge in [0.15, 0.2) is 5.96 Å². The molecule has 0 aliphatic carbocycles. The van der Waals surface area contributed by atoms with Crippen molar-refractivity contribution in [2.45, 2.75) is 39.3 Å². The van der Waals surface area contributed by atoms with Gasteiger partial charge in [0.05, 0.1) is 6.10 Å². The summed E-state index contributed by atoms with van der Waals surface area (Å²) in [5, 5.41) is 10.8. The van der Waals surface area contributed by atoms with E-state index in [4.69, 9.17) is 4.74 Å². The van der Waals surface area contributed by atoms with Crippen LogP contribution in [-0.2, 0) is 11.3 Å². The van der Waals surface area contributed by atoms with Crippen LogP contribution >= 0.6 is 0 Å². The quantitative estimate of drug-likeness (QED) is 0.369. The van der Waals surface area contributed by atoms with E-state index in [1.165, 1.54) is 5.56 Å². The van der Waals surface area contributed by atoms with Crippen LogP contribution in [0.25, 0.3) is 0 Å². The summed E-state index contributed by atoms with van der Waals surface area (Å²) in [6.45, 7) is 8.25. The van der Waals surface area contributed by atoms with E-state index in [1.54, 1.807) is 6.20 Å². The molecule has 1 aromatic carbocycles. The van der Waals surface area contributed by atoms with Crippen LogP contribution in [0.15, 0.2) is 53.8 Å². The lowest BCUT2D eigenvalue weighted by molar-refractivity contribution is 0.0646. The molecule has 0 fully saturated rings. The lowest BCUT2D eigenvalue weighted by Crippen LogP contribution is -2.38. The number of rotatable bonds is 11. The molecule has 0 radical (unpaired) electrons. The number of aliphatic imine (C=N–C) groups is 1. The fraction of sp³-hybridized carbons (Fsp3) is 0.500. The molecule has 0 saturated carbocycles. The normalized spacial score (nSPS) is 12.8.